The van der Waals surface area contributed by atoms with Crippen LogP contribution < -0.4 is 21.1 Å². The molecular weight excluding hydrogens is 198 g/mol. The van der Waals surface area contributed by atoms with Gasteiger partial charge in [-0.05, 0) is 24.3 Å². The average molecular weight is 207 g/mol. The zero-order chi connectivity index (χ0) is 10.7. The van der Waals surface area contributed by atoms with E-state index in [0.717, 1.165) is 5.69 Å². The molecule has 1 aliphatic rings. The predicted molar refractivity (Wildman–Crippen MR) is 52.5 cm³/mol. The maximum absolute atomic E-state index is 10.5. The van der Waals surface area contributed by atoms with E-state index in [0.29, 0.717) is 5.75 Å². The highest BCUT2D eigenvalue weighted by atomic mass is 16.7. The van der Waals surface area contributed by atoms with Crippen LogP contribution in [0.3, 0.4) is 0 Å². The summed E-state index contributed by atoms with van der Waals surface area (Å²) >= 11 is 0. The minimum absolute atomic E-state index is 0.387. The van der Waals surface area contributed by atoms with Crippen molar-refractivity contribution in [3.8, 4) is 5.75 Å². The second kappa shape index (κ2) is 3.79. The molecule has 0 unspecified atom stereocenters. The number of hydrogen-bond donors (Lipinski definition) is 2. The van der Waals surface area contributed by atoms with Crippen LogP contribution in [-0.2, 0) is 4.84 Å². The predicted octanol–water partition coefficient (Wildman–Crippen LogP) is 0.872. The molecule has 1 heterocycles. The van der Waals surface area contributed by atoms with Crippen molar-refractivity contribution in [2.24, 2.45) is 5.73 Å². The molecule has 3 N–H and O–H groups in total. The van der Waals surface area contributed by atoms with Crippen molar-refractivity contribution >= 4 is 11.8 Å². The number of nitrogens with one attached hydrogen (secondary N) is 1. The highest BCUT2D eigenvalue weighted by molar-refractivity contribution is 5.68. The molecule has 78 valence electrons. The molecule has 0 fully saturated rings. The summed E-state index contributed by atoms with van der Waals surface area (Å²) in [5, 5.41) is 1.45. The van der Waals surface area contributed by atoms with Crippen LogP contribution in [0, 0.1) is 0 Å². The van der Waals surface area contributed by atoms with Gasteiger partial charge in [0.05, 0.1) is 11.9 Å². The van der Waals surface area contributed by atoms with E-state index in [-0.39, 0.29) is 0 Å². The zero-order valence-electron chi connectivity index (χ0n) is 7.71. The molecule has 1 amide bonds. The molecule has 1 aromatic rings. The number of amides is 1. The molecule has 0 bridgehead atoms. The van der Waals surface area contributed by atoms with E-state index in [4.69, 9.17) is 10.6 Å². The van der Waals surface area contributed by atoms with Gasteiger partial charge >= 0.3 is 6.09 Å². The van der Waals surface area contributed by atoms with E-state index in [9.17, 15) is 4.79 Å². The first-order chi connectivity index (χ1) is 7.25. The fourth-order valence-electron chi connectivity index (χ4n) is 1.12. The fourth-order valence-corrected chi connectivity index (χ4v) is 1.12. The van der Waals surface area contributed by atoms with Gasteiger partial charge < -0.3 is 15.3 Å². The van der Waals surface area contributed by atoms with Crippen LogP contribution in [0.15, 0.2) is 36.7 Å². The number of rotatable bonds is 2. The Bertz CT molecular complexity index is 380. The number of benzene rings is 1. The highest BCUT2D eigenvalue weighted by Crippen LogP contribution is 2.19. The number of hydrogen-bond acceptors (Lipinski definition) is 5. The Morgan fingerprint density at radius 2 is 2.13 bits per heavy atom. The van der Waals surface area contributed by atoms with Crippen LogP contribution in [0.2, 0.25) is 0 Å². The van der Waals surface area contributed by atoms with Gasteiger partial charge in [-0.1, -0.05) is 0 Å². The molecule has 15 heavy (non-hydrogen) atoms. The zero-order valence-corrected chi connectivity index (χ0v) is 7.71. The second-order valence-electron chi connectivity index (χ2n) is 2.75. The lowest BCUT2D eigenvalue weighted by molar-refractivity contribution is 0.210. The Hall–Kier alpha value is -2.37. The normalized spacial score (nSPS) is 13.2. The second-order valence-corrected chi connectivity index (χ2v) is 2.75. The van der Waals surface area contributed by atoms with Gasteiger partial charge in [0.2, 0.25) is 0 Å². The third-order valence-corrected chi connectivity index (χ3v) is 1.72. The van der Waals surface area contributed by atoms with Crippen LogP contribution >= 0.6 is 0 Å². The van der Waals surface area contributed by atoms with Gasteiger partial charge in [-0.2, -0.15) is 0 Å². The summed E-state index contributed by atoms with van der Waals surface area (Å²) in [6.45, 7) is 0. The molecule has 2 rings (SSSR count). The minimum Gasteiger partial charge on any atom is -0.411 e. The van der Waals surface area contributed by atoms with Crippen molar-refractivity contribution in [2.75, 3.05) is 5.17 Å². The van der Waals surface area contributed by atoms with Crippen LogP contribution in [0.5, 0.6) is 5.75 Å². The summed E-state index contributed by atoms with van der Waals surface area (Å²) in [5.74, 6) is 0.387. The summed E-state index contributed by atoms with van der Waals surface area (Å²) in [4.78, 5) is 15.5. The van der Waals surface area contributed by atoms with E-state index < -0.39 is 6.09 Å². The van der Waals surface area contributed by atoms with Crippen molar-refractivity contribution in [2.45, 2.75) is 0 Å². The SMILES string of the molecule is NC(=O)Oc1ccc(N2NC=CO2)cc1. The monoisotopic (exact) mass is 207 g/mol. The minimum atomic E-state index is -0.833. The molecule has 0 aliphatic carbocycles. The first kappa shape index (κ1) is 9.20. The third kappa shape index (κ3) is 2.11. The lowest BCUT2D eigenvalue weighted by Gasteiger charge is -2.16. The van der Waals surface area contributed by atoms with Crippen LogP contribution in [0.4, 0.5) is 10.5 Å². The number of carbonyl (C=O) groups excluding carboxylic acids is 1. The summed E-state index contributed by atoms with van der Waals surface area (Å²) in [6.07, 6.45) is 2.32. The molecule has 0 radical (unpaired) electrons. The highest BCUT2D eigenvalue weighted by Gasteiger charge is 2.08. The standard InChI is InChI=1S/C9H9N3O3/c10-9(13)15-8-3-1-7(2-4-8)12-11-5-6-14-12/h1-6,11H,(H2,10,13). The van der Waals surface area contributed by atoms with Gasteiger partial charge in [0.15, 0.2) is 0 Å². The van der Waals surface area contributed by atoms with E-state index in [2.05, 4.69) is 10.2 Å². The number of nitrogens with two attached hydrogens (primary N) is 1. The molecule has 0 saturated carbocycles. The topological polar surface area (TPSA) is 76.8 Å². The molecular formula is C9H9N3O3. The van der Waals surface area contributed by atoms with E-state index in [1.54, 1.807) is 30.5 Å². The van der Waals surface area contributed by atoms with Gasteiger partial charge in [0, 0.05) is 0 Å². The molecule has 0 aromatic heterocycles. The van der Waals surface area contributed by atoms with Crippen molar-refractivity contribution in [3.63, 3.8) is 0 Å². The number of nitrogens with zero attached hydrogens (tertiary/aromatic N) is 1. The summed E-state index contributed by atoms with van der Waals surface area (Å²) in [7, 11) is 0. The van der Waals surface area contributed by atoms with E-state index in [1.807, 2.05) is 0 Å². The quantitative estimate of drug-likeness (QED) is 0.752. The van der Waals surface area contributed by atoms with Crippen molar-refractivity contribution in [1.82, 2.24) is 5.43 Å². The van der Waals surface area contributed by atoms with Crippen LogP contribution in [0.25, 0.3) is 0 Å². The number of anilines is 1. The summed E-state index contributed by atoms with van der Waals surface area (Å²) in [6, 6.07) is 6.67. The average Bonchev–Trinajstić information content (AvgIpc) is 2.71. The van der Waals surface area contributed by atoms with Crippen molar-refractivity contribution in [3.05, 3.63) is 36.7 Å². The van der Waals surface area contributed by atoms with Gasteiger partial charge in [-0.25, -0.2) is 4.79 Å². The van der Waals surface area contributed by atoms with E-state index in [1.165, 1.54) is 11.4 Å². The summed E-state index contributed by atoms with van der Waals surface area (Å²) in [5.41, 5.74) is 8.47. The first-order valence-corrected chi connectivity index (χ1v) is 4.21. The van der Waals surface area contributed by atoms with Gasteiger partial charge in [0.25, 0.3) is 0 Å². The van der Waals surface area contributed by atoms with Crippen LogP contribution in [0.1, 0.15) is 0 Å². The van der Waals surface area contributed by atoms with Gasteiger partial charge in [-0.15, -0.1) is 5.17 Å². The maximum atomic E-state index is 10.5. The van der Waals surface area contributed by atoms with Gasteiger partial charge in [-0.3, -0.25) is 5.43 Å². The Morgan fingerprint density at radius 3 is 2.67 bits per heavy atom. The Morgan fingerprint density at radius 1 is 1.40 bits per heavy atom. The first-order valence-electron chi connectivity index (χ1n) is 4.21. The van der Waals surface area contributed by atoms with Crippen LogP contribution in [-0.4, -0.2) is 6.09 Å². The van der Waals surface area contributed by atoms with Crippen molar-refractivity contribution < 1.29 is 14.4 Å². The Labute approximate surface area is 85.8 Å². The molecule has 0 spiro atoms. The number of carbonyl (C=O) groups is 1. The Kier molecular flexibility index (Phi) is 2.32. The number of ether oxygens (including phenoxy) is 1. The largest absolute Gasteiger partial charge is 0.411 e. The van der Waals surface area contributed by atoms with Crippen molar-refractivity contribution in [1.29, 1.82) is 0 Å². The van der Waals surface area contributed by atoms with E-state index >= 15 is 0 Å². The Balaban J connectivity index is 2.06. The number of primary amides is 1. The molecule has 1 aromatic carbocycles. The fraction of sp³-hybridized carbons (Fsp3) is 0. The lowest BCUT2D eigenvalue weighted by atomic mass is 10.3. The number of hydrazine groups is 1. The molecule has 1 aliphatic heterocycles. The smallest absolute Gasteiger partial charge is 0.409 e. The molecule has 6 heteroatoms. The third-order valence-electron chi connectivity index (χ3n) is 1.72. The molecule has 0 saturated heterocycles. The maximum Gasteiger partial charge on any atom is 0.409 e. The molecule has 6 nitrogen and oxygen atoms in total. The summed E-state index contributed by atoms with van der Waals surface area (Å²) < 4.78 is 4.68. The van der Waals surface area contributed by atoms with Gasteiger partial charge in [0.1, 0.15) is 12.0 Å². The lowest BCUT2D eigenvalue weighted by Crippen LogP contribution is -2.27. The molecule has 0 atom stereocenters.